The molecule has 0 saturated carbocycles. The first-order valence-electron chi connectivity index (χ1n) is 5.09. The van der Waals surface area contributed by atoms with Gasteiger partial charge >= 0.3 is 0 Å². The van der Waals surface area contributed by atoms with E-state index in [2.05, 4.69) is 5.48 Å². The van der Waals surface area contributed by atoms with Crippen molar-refractivity contribution in [3.63, 3.8) is 0 Å². The summed E-state index contributed by atoms with van der Waals surface area (Å²) in [5.74, 6) is -0.0119. The Bertz CT molecular complexity index is 211. The Labute approximate surface area is 87.8 Å². The first-order chi connectivity index (χ1) is 7.36. The fourth-order valence-corrected chi connectivity index (χ4v) is 1.50. The lowest BCUT2D eigenvalue weighted by atomic mass is 10.1. The van der Waals surface area contributed by atoms with Crippen molar-refractivity contribution in [2.24, 2.45) is 5.92 Å². The van der Waals surface area contributed by atoms with Gasteiger partial charge in [-0.25, -0.2) is 5.48 Å². The second-order valence-corrected chi connectivity index (χ2v) is 3.58. The molecule has 0 bridgehead atoms. The standard InChI is InChI=1S/C9H15NO5/c11-8(9-13-3-4-14-9)10-15-6-7-1-2-12-5-7/h7,9H,1-6H2,(H,10,11). The predicted octanol–water partition coefficient (Wildman–Crippen LogP) is -0.556. The number of ether oxygens (including phenoxy) is 3. The molecule has 2 aliphatic heterocycles. The van der Waals surface area contributed by atoms with Crippen LogP contribution in [0.4, 0.5) is 0 Å². The second-order valence-electron chi connectivity index (χ2n) is 3.58. The Morgan fingerprint density at radius 2 is 2.13 bits per heavy atom. The minimum atomic E-state index is -0.815. The van der Waals surface area contributed by atoms with E-state index in [-0.39, 0.29) is 5.91 Å². The number of hydroxylamine groups is 1. The lowest BCUT2D eigenvalue weighted by Gasteiger charge is -2.11. The van der Waals surface area contributed by atoms with Crippen molar-refractivity contribution in [3.8, 4) is 0 Å². The van der Waals surface area contributed by atoms with Gasteiger partial charge in [-0.05, 0) is 6.42 Å². The first kappa shape index (κ1) is 10.8. The van der Waals surface area contributed by atoms with E-state index in [9.17, 15) is 4.79 Å². The highest BCUT2D eigenvalue weighted by Gasteiger charge is 2.25. The molecule has 0 spiro atoms. The topological polar surface area (TPSA) is 66.0 Å². The molecule has 1 atom stereocenters. The lowest BCUT2D eigenvalue weighted by molar-refractivity contribution is -0.160. The largest absolute Gasteiger partial charge is 0.381 e. The molecule has 2 saturated heterocycles. The molecule has 0 aliphatic carbocycles. The van der Waals surface area contributed by atoms with E-state index in [1.165, 1.54) is 0 Å². The molecule has 2 aliphatic rings. The van der Waals surface area contributed by atoms with Crippen molar-refractivity contribution in [3.05, 3.63) is 0 Å². The summed E-state index contributed by atoms with van der Waals surface area (Å²) >= 11 is 0. The Morgan fingerprint density at radius 1 is 1.33 bits per heavy atom. The van der Waals surface area contributed by atoms with E-state index in [1.54, 1.807) is 0 Å². The Balaban J connectivity index is 1.58. The number of carbonyl (C=O) groups is 1. The van der Waals surface area contributed by atoms with Gasteiger partial charge in [-0.3, -0.25) is 9.63 Å². The molecule has 1 N–H and O–H groups in total. The minimum absolute atomic E-state index is 0.371. The van der Waals surface area contributed by atoms with E-state index in [0.29, 0.717) is 32.3 Å². The molecule has 86 valence electrons. The fraction of sp³-hybridized carbons (Fsp3) is 0.889. The summed E-state index contributed by atoms with van der Waals surface area (Å²) in [6, 6.07) is 0. The monoisotopic (exact) mass is 217 g/mol. The van der Waals surface area contributed by atoms with Crippen LogP contribution in [0.3, 0.4) is 0 Å². The number of nitrogens with one attached hydrogen (secondary N) is 1. The predicted molar refractivity (Wildman–Crippen MR) is 48.7 cm³/mol. The zero-order chi connectivity index (χ0) is 10.5. The van der Waals surface area contributed by atoms with Crippen molar-refractivity contribution in [2.75, 3.05) is 33.0 Å². The van der Waals surface area contributed by atoms with E-state index in [1.807, 2.05) is 0 Å². The Hall–Kier alpha value is -0.690. The van der Waals surface area contributed by atoms with Gasteiger partial charge in [0.1, 0.15) is 0 Å². The number of amides is 1. The quantitative estimate of drug-likeness (QED) is 0.640. The van der Waals surface area contributed by atoms with Crippen LogP contribution < -0.4 is 5.48 Å². The van der Waals surface area contributed by atoms with Crippen molar-refractivity contribution in [1.29, 1.82) is 0 Å². The summed E-state index contributed by atoms with van der Waals surface area (Å²) in [5, 5.41) is 0. The summed E-state index contributed by atoms with van der Waals surface area (Å²) in [7, 11) is 0. The van der Waals surface area contributed by atoms with Crippen LogP contribution in [0.2, 0.25) is 0 Å². The molecule has 2 rings (SSSR count). The molecule has 1 unspecified atom stereocenters. The average Bonchev–Trinajstić information content (AvgIpc) is 2.90. The number of carbonyl (C=O) groups excluding carboxylic acids is 1. The molecule has 0 radical (unpaired) electrons. The van der Waals surface area contributed by atoms with Gasteiger partial charge in [-0.1, -0.05) is 0 Å². The molecule has 2 fully saturated rings. The normalized spacial score (nSPS) is 27.1. The summed E-state index contributed by atoms with van der Waals surface area (Å²) in [4.78, 5) is 16.4. The highest BCUT2D eigenvalue weighted by molar-refractivity contribution is 5.78. The third kappa shape index (κ3) is 3.13. The van der Waals surface area contributed by atoms with Gasteiger partial charge in [0, 0.05) is 12.5 Å². The van der Waals surface area contributed by atoms with Gasteiger partial charge in [0.05, 0.1) is 26.4 Å². The molecule has 1 amide bonds. The van der Waals surface area contributed by atoms with Crippen molar-refractivity contribution in [1.82, 2.24) is 5.48 Å². The summed E-state index contributed by atoms with van der Waals surface area (Å²) in [6.07, 6.45) is 0.163. The lowest BCUT2D eigenvalue weighted by Crippen LogP contribution is -2.36. The molecule has 0 aromatic rings. The maximum Gasteiger partial charge on any atom is 0.300 e. The van der Waals surface area contributed by atoms with Crippen LogP contribution >= 0.6 is 0 Å². The summed E-state index contributed by atoms with van der Waals surface area (Å²) in [5.41, 5.74) is 2.31. The van der Waals surface area contributed by atoms with Crippen LogP contribution in [0, 0.1) is 5.92 Å². The second kappa shape index (κ2) is 5.41. The molecule has 0 aromatic carbocycles. The van der Waals surface area contributed by atoms with Crippen LogP contribution in [0.5, 0.6) is 0 Å². The Morgan fingerprint density at radius 3 is 2.80 bits per heavy atom. The van der Waals surface area contributed by atoms with Crippen LogP contribution in [-0.4, -0.2) is 45.2 Å². The van der Waals surface area contributed by atoms with E-state index in [0.717, 1.165) is 13.0 Å². The molecule has 0 aromatic heterocycles. The molecule has 2 heterocycles. The maximum atomic E-state index is 11.3. The van der Waals surface area contributed by atoms with Gasteiger partial charge in [-0.15, -0.1) is 0 Å². The molecule has 15 heavy (non-hydrogen) atoms. The van der Waals surface area contributed by atoms with Crippen LogP contribution in [0.1, 0.15) is 6.42 Å². The van der Waals surface area contributed by atoms with Gasteiger partial charge in [0.25, 0.3) is 5.91 Å². The molecule has 6 nitrogen and oxygen atoms in total. The maximum absolute atomic E-state index is 11.3. The van der Waals surface area contributed by atoms with Crippen molar-refractivity contribution < 1.29 is 23.8 Å². The molecular weight excluding hydrogens is 202 g/mol. The summed E-state index contributed by atoms with van der Waals surface area (Å²) in [6.45, 7) is 2.85. The van der Waals surface area contributed by atoms with Gasteiger partial charge in [0.2, 0.25) is 6.29 Å². The fourth-order valence-electron chi connectivity index (χ4n) is 1.50. The Kier molecular flexibility index (Phi) is 3.90. The zero-order valence-electron chi connectivity index (χ0n) is 8.44. The number of rotatable bonds is 4. The van der Waals surface area contributed by atoms with E-state index < -0.39 is 6.29 Å². The van der Waals surface area contributed by atoms with Gasteiger partial charge in [-0.2, -0.15) is 0 Å². The molecular formula is C9H15NO5. The van der Waals surface area contributed by atoms with Gasteiger partial charge < -0.3 is 14.2 Å². The van der Waals surface area contributed by atoms with Crippen LogP contribution in [0.25, 0.3) is 0 Å². The third-order valence-electron chi connectivity index (χ3n) is 2.35. The molecule has 6 heteroatoms. The van der Waals surface area contributed by atoms with Crippen LogP contribution in [-0.2, 0) is 23.8 Å². The zero-order valence-corrected chi connectivity index (χ0v) is 8.44. The van der Waals surface area contributed by atoms with Crippen molar-refractivity contribution in [2.45, 2.75) is 12.7 Å². The van der Waals surface area contributed by atoms with E-state index in [4.69, 9.17) is 19.0 Å². The third-order valence-corrected chi connectivity index (χ3v) is 2.35. The van der Waals surface area contributed by atoms with Gasteiger partial charge in [0.15, 0.2) is 0 Å². The highest BCUT2D eigenvalue weighted by Crippen LogP contribution is 2.11. The SMILES string of the molecule is O=C(NOCC1CCOC1)C1OCCO1. The minimum Gasteiger partial charge on any atom is -0.381 e. The first-order valence-corrected chi connectivity index (χ1v) is 5.09. The van der Waals surface area contributed by atoms with Crippen LogP contribution in [0.15, 0.2) is 0 Å². The smallest absolute Gasteiger partial charge is 0.300 e. The average molecular weight is 217 g/mol. The number of hydrogen-bond acceptors (Lipinski definition) is 5. The highest BCUT2D eigenvalue weighted by atomic mass is 16.7. The van der Waals surface area contributed by atoms with Crippen molar-refractivity contribution >= 4 is 5.91 Å². The van der Waals surface area contributed by atoms with E-state index >= 15 is 0 Å². The summed E-state index contributed by atoms with van der Waals surface area (Å²) < 4.78 is 15.2. The number of hydrogen-bond donors (Lipinski definition) is 1.